The first-order chi connectivity index (χ1) is 11.4. The van der Waals surface area contributed by atoms with E-state index in [2.05, 4.69) is 5.32 Å². The number of halogens is 1. The van der Waals surface area contributed by atoms with Crippen LogP contribution in [0.2, 0.25) is 5.02 Å². The highest BCUT2D eigenvalue weighted by Crippen LogP contribution is 2.16. The summed E-state index contributed by atoms with van der Waals surface area (Å²) < 4.78 is 5.26. The zero-order chi connectivity index (χ0) is 17.7. The van der Waals surface area contributed by atoms with Crippen molar-refractivity contribution in [1.82, 2.24) is 10.2 Å². The molecule has 0 spiro atoms. The van der Waals surface area contributed by atoms with E-state index >= 15 is 0 Å². The van der Waals surface area contributed by atoms with Gasteiger partial charge >= 0.3 is 0 Å². The summed E-state index contributed by atoms with van der Waals surface area (Å²) in [7, 11) is 1.68. The average Bonchev–Trinajstić information content (AvgIpc) is 3.04. The summed E-state index contributed by atoms with van der Waals surface area (Å²) in [5, 5.41) is 3.14. The molecule has 2 aromatic rings. The highest BCUT2D eigenvalue weighted by Gasteiger charge is 2.28. The minimum atomic E-state index is -0.645. The third-order valence-corrected chi connectivity index (χ3v) is 4.02. The quantitative estimate of drug-likeness (QED) is 0.870. The van der Waals surface area contributed by atoms with Crippen LogP contribution in [0.3, 0.4) is 0 Å². The summed E-state index contributed by atoms with van der Waals surface area (Å²) in [4.78, 5) is 26.7. The molecule has 1 N–H and O–H groups in total. The van der Waals surface area contributed by atoms with Crippen molar-refractivity contribution in [2.24, 2.45) is 5.92 Å². The number of carbonyl (C=O) groups excluding carboxylic acids is 2. The molecule has 2 amide bonds. The number of likely N-dealkylation sites (N-methyl/N-ethyl adjacent to an activating group) is 1. The van der Waals surface area contributed by atoms with Crippen molar-refractivity contribution in [2.45, 2.75) is 26.4 Å². The van der Waals surface area contributed by atoms with Crippen molar-refractivity contribution >= 4 is 23.4 Å². The van der Waals surface area contributed by atoms with Crippen LogP contribution in [0, 0.1) is 5.92 Å². The van der Waals surface area contributed by atoms with Crippen LogP contribution in [-0.2, 0) is 11.3 Å². The lowest BCUT2D eigenvalue weighted by atomic mass is 10.0. The summed E-state index contributed by atoms with van der Waals surface area (Å²) >= 11 is 6.05. The monoisotopic (exact) mass is 348 g/mol. The Hall–Kier alpha value is -2.27. The van der Waals surface area contributed by atoms with E-state index in [9.17, 15) is 9.59 Å². The van der Waals surface area contributed by atoms with E-state index in [0.29, 0.717) is 22.9 Å². The number of hydrogen-bond donors (Lipinski definition) is 1. The second-order valence-electron chi connectivity index (χ2n) is 5.95. The molecular weight excluding hydrogens is 328 g/mol. The number of nitrogens with one attached hydrogen (secondary N) is 1. The Kier molecular flexibility index (Phi) is 6.04. The third kappa shape index (κ3) is 4.38. The summed E-state index contributed by atoms with van der Waals surface area (Å²) in [6, 6.07) is 9.69. The molecule has 0 radical (unpaired) electrons. The number of benzene rings is 1. The zero-order valence-corrected chi connectivity index (χ0v) is 14.7. The van der Waals surface area contributed by atoms with Gasteiger partial charge in [-0.15, -0.1) is 0 Å². The topological polar surface area (TPSA) is 62.6 Å². The van der Waals surface area contributed by atoms with Crippen LogP contribution in [0.1, 0.15) is 30.0 Å². The molecule has 5 nitrogen and oxygen atoms in total. The number of furan rings is 1. The van der Waals surface area contributed by atoms with Crippen molar-refractivity contribution in [3.63, 3.8) is 0 Å². The second kappa shape index (κ2) is 8.02. The molecule has 1 heterocycles. The highest BCUT2D eigenvalue weighted by molar-refractivity contribution is 6.33. The Morgan fingerprint density at radius 1 is 1.21 bits per heavy atom. The lowest BCUT2D eigenvalue weighted by Crippen LogP contribution is -2.50. The molecule has 0 saturated carbocycles. The molecule has 1 aromatic heterocycles. The van der Waals surface area contributed by atoms with E-state index < -0.39 is 6.04 Å². The lowest BCUT2D eigenvalue weighted by molar-refractivity contribution is -0.133. The van der Waals surface area contributed by atoms with Gasteiger partial charge in [0.25, 0.3) is 5.91 Å². The summed E-state index contributed by atoms with van der Waals surface area (Å²) in [5.74, 6) is 0.0784. The van der Waals surface area contributed by atoms with Crippen LogP contribution in [0.25, 0.3) is 0 Å². The van der Waals surface area contributed by atoms with Crippen LogP contribution < -0.4 is 5.32 Å². The number of nitrogens with zero attached hydrogens (tertiary/aromatic N) is 1. The molecule has 2 rings (SSSR count). The van der Waals surface area contributed by atoms with Gasteiger partial charge in [-0.3, -0.25) is 9.59 Å². The molecule has 24 heavy (non-hydrogen) atoms. The fourth-order valence-corrected chi connectivity index (χ4v) is 2.55. The Labute approximate surface area is 146 Å². The predicted molar refractivity (Wildman–Crippen MR) is 92.7 cm³/mol. The highest BCUT2D eigenvalue weighted by atomic mass is 35.5. The van der Waals surface area contributed by atoms with Gasteiger partial charge in [0.2, 0.25) is 5.91 Å². The van der Waals surface area contributed by atoms with Crippen molar-refractivity contribution < 1.29 is 14.0 Å². The Morgan fingerprint density at radius 3 is 2.50 bits per heavy atom. The molecule has 0 aliphatic carbocycles. The van der Waals surface area contributed by atoms with Crippen LogP contribution >= 0.6 is 11.6 Å². The largest absolute Gasteiger partial charge is 0.467 e. The SMILES string of the molecule is CC(C)[C@H](NC(=O)c1ccccc1Cl)C(=O)N(C)Cc1ccco1. The molecule has 6 heteroatoms. The Bertz CT molecular complexity index is 698. The fraction of sp³-hybridized carbons (Fsp3) is 0.333. The van der Waals surface area contributed by atoms with Crippen LogP contribution in [0.15, 0.2) is 47.1 Å². The fourth-order valence-electron chi connectivity index (χ4n) is 2.33. The van der Waals surface area contributed by atoms with Gasteiger partial charge in [0.05, 0.1) is 23.4 Å². The minimum absolute atomic E-state index is 0.0667. The molecule has 0 fully saturated rings. The van der Waals surface area contributed by atoms with Gasteiger partial charge in [0.1, 0.15) is 11.8 Å². The number of hydrogen-bond acceptors (Lipinski definition) is 3. The van der Waals surface area contributed by atoms with Crippen LogP contribution in [0.4, 0.5) is 0 Å². The predicted octanol–water partition coefficient (Wildman–Crippen LogP) is 3.35. The summed E-state index contributed by atoms with van der Waals surface area (Å²) in [5.41, 5.74) is 0.353. The van der Waals surface area contributed by atoms with Gasteiger partial charge in [-0.2, -0.15) is 0 Å². The van der Waals surface area contributed by atoms with Crippen LogP contribution in [0.5, 0.6) is 0 Å². The van der Waals surface area contributed by atoms with Gasteiger partial charge in [-0.1, -0.05) is 37.6 Å². The van der Waals surface area contributed by atoms with Gasteiger partial charge in [0, 0.05) is 7.05 Å². The number of amides is 2. The van der Waals surface area contributed by atoms with E-state index in [-0.39, 0.29) is 17.7 Å². The van der Waals surface area contributed by atoms with E-state index in [0.717, 1.165) is 0 Å². The molecule has 0 saturated heterocycles. The Morgan fingerprint density at radius 2 is 1.92 bits per heavy atom. The van der Waals surface area contributed by atoms with Gasteiger partial charge in [0.15, 0.2) is 0 Å². The van der Waals surface area contributed by atoms with Gasteiger partial charge in [-0.25, -0.2) is 0 Å². The first kappa shape index (κ1) is 18.1. The van der Waals surface area contributed by atoms with E-state index in [1.807, 2.05) is 13.8 Å². The smallest absolute Gasteiger partial charge is 0.253 e. The van der Waals surface area contributed by atoms with Crippen molar-refractivity contribution in [1.29, 1.82) is 0 Å². The molecule has 1 aromatic carbocycles. The van der Waals surface area contributed by atoms with E-state index in [4.69, 9.17) is 16.0 Å². The molecule has 0 bridgehead atoms. The summed E-state index contributed by atoms with van der Waals surface area (Å²) in [6.45, 7) is 4.11. The minimum Gasteiger partial charge on any atom is -0.467 e. The Balaban J connectivity index is 2.09. The lowest BCUT2D eigenvalue weighted by Gasteiger charge is -2.26. The van der Waals surface area contributed by atoms with Crippen molar-refractivity contribution in [3.8, 4) is 0 Å². The molecular formula is C18H21ClN2O3. The standard InChI is InChI=1S/C18H21ClN2O3/c1-12(2)16(18(23)21(3)11-13-7-6-10-24-13)20-17(22)14-8-4-5-9-15(14)19/h4-10,12,16H,11H2,1-3H3,(H,20,22)/t16-/m0/s1. The van der Waals surface area contributed by atoms with Gasteiger partial charge < -0.3 is 14.6 Å². The zero-order valence-electron chi connectivity index (χ0n) is 14.0. The first-order valence-electron chi connectivity index (χ1n) is 7.73. The van der Waals surface area contributed by atoms with Crippen molar-refractivity contribution in [2.75, 3.05) is 7.05 Å². The maximum Gasteiger partial charge on any atom is 0.253 e. The van der Waals surface area contributed by atoms with Crippen LogP contribution in [-0.4, -0.2) is 29.8 Å². The third-order valence-electron chi connectivity index (χ3n) is 3.69. The van der Waals surface area contributed by atoms with E-state index in [1.54, 1.807) is 49.7 Å². The number of rotatable bonds is 6. The second-order valence-corrected chi connectivity index (χ2v) is 6.36. The summed E-state index contributed by atoms with van der Waals surface area (Å²) in [6.07, 6.45) is 1.56. The average molecular weight is 349 g/mol. The molecule has 0 aliphatic heterocycles. The molecule has 128 valence electrons. The van der Waals surface area contributed by atoms with E-state index in [1.165, 1.54) is 4.90 Å². The normalized spacial score (nSPS) is 12.0. The van der Waals surface area contributed by atoms with Gasteiger partial charge in [-0.05, 0) is 30.2 Å². The first-order valence-corrected chi connectivity index (χ1v) is 8.10. The molecule has 0 unspecified atom stereocenters. The maximum atomic E-state index is 12.7. The molecule has 1 atom stereocenters. The molecule has 0 aliphatic rings. The maximum absolute atomic E-state index is 12.7. The van der Waals surface area contributed by atoms with Crippen molar-refractivity contribution in [3.05, 3.63) is 59.0 Å². The number of carbonyl (C=O) groups is 2.